The van der Waals surface area contributed by atoms with Crippen molar-refractivity contribution in [1.29, 1.82) is 0 Å². The monoisotopic (exact) mass is 489 g/mol. The minimum absolute atomic E-state index is 0.0236. The summed E-state index contributed by atoms with van der Waals surface area (Å²) in [5.74, 6) is 1.77. The Bertz CT molecular complexity index is 967. The Kier molecular flexibility index (Phi) is 6.33. The van der Waals surface area contributed by atoms with Crippen molar-refractivity contribution in [2.24, 2.45) is 0 Å². The predicted octanol–water partition coefficient (Wildman–Crippen LogP) is 6.07. The number of ether oxygens (including phenoxy) is 2. The highest BCUT2D eigenvalue weighted by atomic mass is 79.9. The summed E-state index contributed by atoms with van der Waals surface area (Å²) in [6.45, 7) is 8.45. The Labute approximate surface area is 193 Å². The van der Waals surface area contributed by atoms with Crippen molar-refractivity contribution >= 4 is 38.7 Å². The summed E-state index contributed by atoms with van der Waals surface area (Å²) in [7, 11) is 1.67. The molecule has 1 aromatic carbocycles. The maximum atomic E-state index is 13.0. The van der Waals surface area contributed by atoms with Crippen LogP contribution in [0, 0.1) is 0 Å². The zero-order valence-corrected chi connectivity index (χ0v) is 20.5. The molecule has 0 aliphatic carbocycles. The Morgan fingerprint density at radius 1 is 1.10 bits per heavy atom. The highest BCUT2D eigenvalue weighted by Crippen LogP contribution is 2.41. The molecule has 2 aliphatic heterocycles. The SMILES string of the molecule is COc1cc2nc(N3CCCCC3)c(C3CCCN3C(=O)OC(C)(C)C)cc2cc1Br. The van der Waals surface area contributed by atoms with E-state index in [0.29, 0.717) is 6.54 Å². The number of halogens is 1. The summed E-state index contributed by atoms with van der Waals surface area (Å²) in [4.78, 5) is 22.4. The first kappa shape index (κ1) is 22.2. The standard InChI is InChI=1S/C24H32BrN3O3/c1-24(2,3)31-23(29)28-12-8-9-20(28)17-13-16-14-18(25)21(30-4)15-19(16)26-22(17)27-10-6-5-7-11-27/h13-15,20H,5-12H2,1-4H3. The van der Waals surface area contributed by atoms with Crippen LogP contribution in [0.4, 0.5) is 10.6 Å². The number of benzene rings is 1. The van der Waals surface area contributed by atoms with Crippen LogP contribution in [-0.4, -0.2) is 48.3 Å². The summed E-state index contributed by atoms with van der Waals surface area (Å²) in [5, 5.41) is 1.04. The minimum atomic E-state index is -0.511. The second kappa shape index (κ2) is 8.85. The van der Waals surface area contributed by atoms with E-state index >= 15 is 0 Å². The Morgan fingerprint density at radius 2 is 1.84 bits per heavy atom. The molecule has 1 unspecified atom stereocenters. The highest BCUT2D eigenvalue weighted by molar-refractivity contribution is 9.10. The molecule has 31 heavy (non-hydrogen) atoms. The molecule has 4 rings (SSSR count). The summed E-state index contributed by atoms with van der Waals surface area (Å²) in [6.07, 6.45) is 5.24. The number of nitrogens with zero attached hydrogens (tertiary/aromatic N) is 3. The predicted molar refractivity (Wildman–Crippen MR) is 127 cm³/mol. The van der Waals surface area contributed by atoms with E-state index in [4.69, 9.17) is 14.5 Å². The first-order valence-corrected chi connectivity index (χ1v) is 12.0. The summed E-state index contributed by atoms with van der Waals surface area (Å²) in [5.41, 5.74) is 1.52. The first-order valence-electron chi connectivity index (χ1n) is 11.2. The fourth-order valence-electron chi connectivity index (χ4n) is 4.57. The molecule has 1 atom stereocenters. The van der Waals surface area contributed by atoms with Gasteiger partial charge in [-0.2, -0.15) is 0 Å². The zero-order valence-electron chi connectivity index (χ0n) is 18.9. The smallest absolute Gasteiger partial charge is 0.410 e. The molecule has 7 heteroatoms. The lowest BCUT2D eigenvalue weighted by molar-refractivity contribution is 0.0224. The van der Waals surface area contributed by atoms with Crippen LogP contribution >= 0.6 is 15.9 Å². The van der Waals surface area contributed by atoms with E-state index < -0.39 is 5.60 Å². The molecule has 0 N–H and O–H groups in total. The van der Waals surface area contributed by atoms with E-state index in [1.165, 1.54) is 19.3 Å². The number of hydrogen-bond acceptors (Lipinski definition) is 5. The summed E-state index contributed by atoms with van der Waals surface area (Å²) >= 11 is 3.60. The number of rotatable bonds is 3. The van der Waals surface area contributed by atoms with E-state index in [1.807, 2.05) is 31.7 Å². The van der Waals surface area contributed by atoms with Crippen molar-refractivity contribution < 1.29 is 14.3 Å². The van der Waals surface area contributed by atoms with Crippen molar-refractivity contribution in [3.05, 3.63) is 28.2 Å². The number of fused-ring (bicyclic) bond motifs is 1. The maximum absolute atomic E-state index is 13.0. The number of anilines is 1. The van der Waals surface area contributed by atoms with Gasteiger partial charge < -0.3 is 19.3 Å². The van der Waals surface area contributed by atoms with Crippen LogP contribution in [0.15, 0.2) is 22.7 Å². The summed E-state index contributed by atoms with van der Waals surface area (Å²) < 4.78 is 12.1. The second-order valence-corrected chi connectivity index (χ2v) is 10.3. The Hall–Kier alpha value is -2.02. The van der Waals surface area contributed by atoms with E-state index in [-0.39, 0.29) is 12.1 Å². The molecule has 6 nitrogen and oxygen atoms in total. The normalized spacial score (nSPS) is 19.7. The number of amides is 1. The highest BCUT2D eigenvalue weighted by Gasteiger charge is 2.36. The van der Waals surface area contributed by atoms with Gasteiger partial charge >= 0.3 is 6.09 Å². The average molecular weight is 490 g/mol. The number of methoxy groups -OCH3 is 1. The van der Waals surface area contributed by atoms with Gasteiger partial charge in [0.25, 0.3) is 0 Å². The third-order valence-corrected chi connectivity index (χ3v) is 6.61. The third-order valence-electron chi connectivity index (χ3n) is 5.99. The summed E-state index contributed by atoms with van der Waals surface area (Å²) in [6, 6.07) is 6.22. The molecule has 0 bridgehead atoms. The molecule has 168 valence electrons. The third kappa shape index (κ3) is 4.76. The Balaban J connectivity index is 1.79. The lowest BCUT2D eigenvalue weighted by atomic mass is 10.0. The van der Waals surface area contributed by atoms with Gasteiger partial charge in [-0.3, -0.25) is 0 Å². The maximum Gasteiger partial charge on any atom is 0.410 e. The average Bonchev–Trinajstić information content (AvgIpc) is 3.22. The molecule has 0 saturated carbocycles. The van der Waals surface area contributed by atoms with Gasteiger partial charge in [-0.05, 0) is 80.9 Å². The van der Waals surface area contributed by atoms with Crippen molar-refractivity contribution in [2.75, 3.05) is 31.6 Å². The van der Waals surface area contributed by atoms with Gasteiger partial charge in [0.15, 0.2) is 0 Å². The molecule has 2 saturated heterocycles. The van der Waals surface area contributed by atoms with E-state index in [1.54, 1.807) is 7.11 Å². The number of pyridine rings is 1. The second-order valence-electron chi connectivity index (χ2n) is 9.46. The minimum Gasteiger partial charge on any atom is -0.495 e. The molecule has 2 aliphatic rings. The van der Waals surface area contributed by atoms with Gasteiger partial charge in [-0.15, -0.1) is 0 Å². The quantitative estimate of drug-likeness (QED) is 0.523. The molecule has 2 fully saturated rings. The largest absolute Gasteiger partial charge is 0.495 e. The molecule has 2 aromatic rings. The van der Waals surface area contributed by atoms with Crippen LogP contribution in [0.1, 0.15) is 64.5 Å². The fourth-order valence-corrected chi connectivity index (χ4v) is 5.09. The molecular formula is C24H32BrN3O3. The van der Waals surface area contributed by atoms with Crippen LogP contribution in [0.5, 0.6) is 5.75 Å². The first-order chi connectivity index (χ1) is 14.8. The van der Waals surface area contributed by atoms with Crippen LogP contribution in [-0.2, 0) is 4.74 Å². The van der Waals surface area contributed by atoms with Crippen molar-refractivity contribution in [2.45, 2.75) is 64.5 Å². The van der Waals surface area contributed by atoms with Gasteiger partial charge in [0.1, 0.15) is 17.2 Å². The fraction of sp³-hybridized carbons (Fsp3) is 0.583. The van der Waals surface area contributed by atoms with Crippen LogP contribution in [0.25, 0.3) is 10.9 Å². The lowest BCUT2D eigenvalue weighted by Gasteiger charge is -2.34. The van der Waals surface area contributed by atoms with E-state index in [2.05, 4.69) is 33.0 Å². The van der Waals surface area contributed by atoms with E-state index in [0.717, 1.165) is 58.4 Å². The number of hydrogen-bond donors (Lipinski definition) is 0. The Morgan fingerprint density at radius 3 is 2.52 bits per heavy atom. The van der Waals surface area contributed by atoms with Crippen molar-refractivity contribution in [3.8, 4) is 5.75 Å². The number of piperidine rings is 1. The zero-order chi connectivity index (χ0) is 22.2. The number of carbonyl (C=O) groups is 1. The molecule has 0 spiro atoms. The number of aromatic nitrogens is 1. The van der Waals surface area contributed by atoms with Crippen LogP contribution < -0.4 is 9.64 Å². The molecule has 0 radical (unpaired) electrons. The molecule has 1 amide bonds. The van der Waals surface area contributed by atoms with Crippen LogP contribution in [0.3, 0.4) is 0 Å². The van der Waals surface area contributed by atoms with Crippen molar-refractivity contribution in [3.63, 3.8) is 0 Å². The molecular weight excluding hydrogens is 458 g/mol. The molecule has 3 heterocycles. The topological polar surface area (TPSA) is 54.9 Å². The van der Waals surface area contributed by atoms with E-state index in [9.17, 15) is 4.79 Å². The lowest BCUT2D eigenvalue weighted by Crippen LogP contribution is -2.37. The van der Waals surface area contributed by atoms with Crippen molar-refractivity contribution in [1.82, 2.24) is 9.88 Å². The molecule has 1 aromatic heterocycles. The van der Waals surface area contributed by atoms with Gasteiger partial charge in [-0.1, -0.05) is 0 Å². The van der Waals surface area contributed by atoms with Gasteiger partial charge in [-0.25, -0.2) is 9.78 Å². The number of likely N-dealkylation sites (tertiary alicyclic amines) is 1. The van der Waals surface area contributed by atoms with Gasteiger partial charge in [0.05, 0.1) is 23.1 Å². The number of carbonyl (C=O) groups excluding carboxylic acids is 1. The van der Waals surface area contributed by atoms with Gasteiger partial charge in [0, 0.05) is 36.7 Å². The van der Waals surface area contributed by atoms with Crippen LogP contribution in [0.2, 0.25) is 0 Å². The van der Waals surface area contributed by atoms with Gasteiger partial charge in [0.2, 0.25) is 0 Å².